The third kappa shape index (κ3) is 5.04. The van der Waals surface area contributed by atoms with Crippen molar-refractivity contribution in [2.24, 2.45) is 4.99 Å². The number of guanidine groups is 1. The highest BCUT2D eigenvalue weighted by Crippen LogP contribution is 2.16. The summed E-state index contributed by atoms with van der Waals surface area (Å²) in [6.45, 7) is 5.47. The van der Waals surface area contributed by atoms with Gasteiger partial charge in [-0.2, -0.15) is 0 Å². The highest BCUT2D eigenvalue weighted by molar-refractivity contribution is 14.0. The van der Waals surface area contributed by atoms with Crippen LogP contribution in [-0.2, 0) is 13.1 Å². The highest BCUT2D eigenvalue weighted by Gasteiger charge is 2.07. The summed E-state index contributed by atoms with van der Waals surface area (Å²) in [4.78, 5) is 14.1. The largest absolute Gasteiger partial charge is 0.352 e. The maximum atomic E-state index is 4.46. The van der Waals surface area contributed by atoms with E-state index in [0.29, 0.717) is 6.54 Å². The lowest BCUT2D eigenvalue weighted by Gasteiger charge is -2.14. The maximum Gasteiger partial charge on any atom is 0.191 e. The molecule has 0 aliphatic rings. The van der Waals surface area contributed by atoms with Gasteiger partial charge in [0.2, 0.25) is 0 Å². The SMILES string of the molecule is CN=C(NCc1ccccc1-n1ccnc1)NCc1sc(C)nc1C.I. The second kappa shape index (κ2) is 9.67. The highest BCUT2D eigenvalue weighted by atomic mass is 127. The maximum absolute atomic E-state index is 4.46. The van der Waals surface area contributed by atoms with Gasteiger partial charge < -0.3 is 15.2 Å². The predicted octanol–water partition coefficient (Wildman–Crippen LogP) is 3.43. The summed E-state index contributed by atoms with van der Waals surface area (Å²) in [6.07, 6.45) is 5.53. The number of imidazole rings is 1. The summed E-state index contributed by atoms with van der Waals surface area (Å²) in [7, 11) is 1.78. The summed E-state index contributed by atoms with van der Waals surface area (Å²) in [5.41, 5.74) is 3.36. The van der Waals surface area contributed by atoms with E-state index in [2.05, 4.69) is 37.7 Å². The van der Waals surface area contributed by atoms with Gasteiger partial charge in [0, 0.05) is 30.9 Å². The van der Waals surface area contributed by atoms with Crippen LogP contribution in [0, 0.1) is 13.8 Å². The van der Waals surface area contributed by atoms with Crippen molar-refractivity contribution in [2.45, 2.75) is 26.9 Å². The van der Waals surface area contributed by atoms with Crippen molar-refractivity contribution >= 4 is 41.3 Å². The Morgan fingerprint density at radius 1 is 1.19 bits per heavy atom. The van der Waals surface area contributed by atoms with Crippen LogP contribution >= 0.6 is 35.3 Å². The van der Waals surface area contributed by atoms with Crippen LogP contribution in [0.15, 0.2) is 48.0 Å². The average Bonchev–Trinajstić information content (AvgIpc) is 3.25. The van der Waals surface area contributed by atoms with Gasteiger partial charge in [-0.3, -0.25) is 4.99 Å². The lowest BCUT2D eigenvalue weighted by molar-refractivity contribution is 0.806. The Bertz CT molecular complexity index is 856. The molecule has 0 spiro atoms. The van der Waals surface area contributed by atoms with Crippen LogP contribution in [0.2, 0.25) is 0 Å². The molecule has 8 heteroatoms. The topological polar surface area (TPSA) is 67.1 Å². The van der Waals surface area contributed by atoms with Crippen LogP contribution in [-0.4, -0.2) is 27.5 Å². The summed E-state index contributed by atoms with van der Waals surface area (Å²) in [5.74, 6) is 0.769. The Hall–Kier alpha value is -1.94. The van der Waals surface area contributed by atoms with Gasteiger partial charge >= 0.3 is 0 Å². The van der Waals surface area contributed by atoms with E-state index in [1.165, 1.54) is 10.4 Å². The van der Waals surface area contributed by atoms with Crippen LogP contribution < -0.4 is 10.6 Å². The Morgan fingerprint density at radius 3 is 2.62 bits per heavy atom. The van der Waals surface area contributed by atoms with Gasteiger partial charge in [-0.25, -0.2) is 9.97 Å². The van der Waals surface area contributed by atoms with Crippen LogP contribution in [0.25, 0.3) is 5.69 Å². The minimum atomic E-state index is 0. The summed E-state index contributed by atoms with van der Waals surface area (Å²) >= 11 is 1.72. The molecule has 1 aromatic carbocycles. The zero-order valence-corrected chi connectivity index (χ0v) is 18.2. The quantitative estimate of drug-likeness (QED) is 0.332. The Labute approximate surface area is 174 Å². The van der Waals surface area contributed by atoms with Crippen molar-refractivity contribution in [1.82, 2.24) is 25.2 Å². The molecule has 0 atom stereocenters. The Balaban J connectivity index is 0.00000243. The predicted molar refractivity (Wildman–Crippen MR) is 118 cm³/mol. The number of thiazole rings is 1. The normalized spacial score (nSPS) is 11.1. The molecule has 0 saturated heterocycles. The average molecular weight is 482 g/mol. The number of halogens is 1. The smallest absolute Gasteiger partial charge is 0.191 e. The van der Waals surface area contributed by atoms with Crippen molar-refractivity contribution in [3.63, 3.8) is 0 Å². The van der Waals surface area contributed by atoms with Gasteiger partial charge in [-0.15, -0.1) is 35.3 Å². The Kier molecular flexibility index (Phi) is 7.58. The molecular formula is C18H23IN6S. The molecular weight excluding hydrogens is 459 g/mol. The van der Waals surface area contributed by atoms with Gasteiger partial charge in [0.1, 0.15) is 0 Å². The van der Waals surface area contributed by atoms with E-state index in [1.54, 1.807) is 30.9 Å². The molecule has 0 aliphatic heterocycles. The number of benzene rings is 1. The van der Waals surface area contributed by atoms with Crippen LogP contribution in [0.5, 0.6) is 0 Å². The third-order valence-electron chi connectivity index (χ3n) is 3.86. The van der Waals surface area contributed by atoms with Gasteiger partial charge in [-0.05, 0) is 25.5 Å². The summed E-state index contributed by atoms with van der Waals surface area (Å²) in [5, 5.41) is 7.82. The number of para-hydroxylation sites is 1. The minimum absolute atomic E-state index is 0. The number of aryl methyl sites for hydroxylation is 2. The van der Waals surface area contributed by atoms with Gasteiger partial charge in [0.25, 0.3) is 0 Å². The lowest BCUT2D eigenvalue weighted by atomic mass is 10.1. The van der Waals surface area contributed by atoms with Gasteiger partial charge in [0.05, 0.1) is 29.3 Å². The molecule has 3 rings (SSSR count). The molecule has 0 unspecified atom stereocenters. The molecule has 26 heavy (non-hydrogen) atoms. The second-order valence-corrected chi connectivity index (χ2v) is 6.91. The number of nitrogens with zero attached hydrogens (tertiary/aromatic N) is 4. The first kappa shape index (κ1) is 20.4. The first-order valence-corrected chi connectivity index (χ1v) is 8.92. The molecule has 138 valence electrons. The third-order valence-corrected chi connectivity index (χ3v) is 4.93. The van der Waals surface area contributed by atoms with E-state index < -0.39 is 0 Å². The molecule has 0 amide bonds. The molecule has 0 aliphatic carbocycles. The first-order chi connectivity index (χ1) is 12.2. The van der Waals surface area contributed by atoms with Gasteiger partial charge in [-0.1, -0.05) is 18.2 Å². The zero-order valence-electron chi connectivity index (χ0n) is 15.1. The van der Waals surface area contributed by atoms with E-state index >= 15 is 0 Å². The molecule has 6 nitrogen and oxygen atoms in total. The van der Waals surface area contributed by atoms with E-state index in [4.69, 9.17) is 0 Å². The molecule has 2 N–H and O–H groups in total. The number of rotatable bonds is 5. The fourth-order valence-electron chi connectivity index (χ4n) is 2.61. The number of hydrogen-bond donors (Lipinski definition) is 2. The molecule has 0 radical (unpaired) electrons. The lowest BCUT2D eigenvalue weighted by Crippen LogP contribution is -2.36. The van der Waals surface area contributed by atoms with E-state index in [0.717, 1.165) is 28.9 Å². The van der Waals surface area contributed by atoms with Crippen LogP contribution in [0.1, 0.15) is 21.1 Å². The molecule has 0 bridgehead atoms. The molecule has 3 aromatic rings. The monoisotopic (exact) mass is 482 g/mol. The van der Waals surface area contributed by atoms with Crippen molar-refractivity contribution in [3.05, 3.63) is 64.1 Å². The molecule has 0 fully saturated rings. The molecule has 2 heterocycles. The number of aliphatic imine (C=N–C) groups is 1. The number of nitrogens with one attached hydrogen (secondary N) is 2. The van der Waals surface area contributed by atoms with Crippen molar-refractivity contribution in [2.75, 3.05) is 7.05 Å². The van der Waals surface area contributed by atoms with E-state index in [1.807, 2.05) is 36.7 Å². The van der Waals surface area contributed by atoms with Crippen molar-refractivity contribution in [1.29, 1.82) is 0 Å². The fourth-order valence-corrected chi connectivity index (χ4v) is 3.49. The minimum Gasteiger partial charge on any atom is -0.352 e. The standard InChI is InChI=1S/C18H22N6S.HI/c1-13-17(25-14(2)23-13)11-22-18(19-3)21-10-15-6-4-5-7-16(15)24-9-8-20-12-24;/h4-9,12H,10-11H2,1-3H3,(H2,19,21,22);1H. The van der Waals surface area contributed by atoms with Crippen LogP contribution in [0.4, 0.5) is 0 Å². The van der Waals surface area contributed by atoms with Crippen molar-refractivity contribution in [3.8, 4) is 5.69 Å². The van der Waals surface area contributed by atoms with Crippen LogP contribution in [0.3, 0.4) is 0 Å². The zero-order chi connectivity index (χ0) is 17.6. The fraction of sp³-hybridized carbons (Fsp3) is 0.278. The number of hydrogen-bond acceptors (Lipinski definition) is 4. The van der Waals surface area contributed by atoms with Crippen molar-refractivity contribution < 1.29 is 0 Å². The number of aromatic nitrogens is 3. The summed E-state index contributed by atoms with van der Waals surface area (Å²) < 4.78 is 2.01. The van der Waals surface area contributed by atoms with Gasteiger partial charge in [0.15, 0.2) is 5.96 Å². The first-order valence-electron chi connectivity index (χ1n) is 8.11. The molecule has 2 aromatic heterocycles. The molecule has 0 saturated carbocycles. The van der Waals surface area contributed by atoms with E-state index in [-0.39, 0.29) is 24.0 Å². The Morgan fingerprint density at radius 2 is 1.96 bits per heavy atom. The van der Waals surface area contributed by atoms with E-state index in [9.17, 15) is 0 Å². The second-order valence-electron chi connectivity index (χ2n) is 5.62. The summed E-state index contributed by atoms with van der Waals surface area (Å²) in [6, 6.07) is 8.25.